The summed E-state index contributed by atoms with van der Waals surface area (Å²) in [6.45, 7) is 3.42. The van der Waals surface area contributed by atoms with E-state index in [-0.39, 0.29) is 5.91 Å². The van der Waals surface area contributed by atoms with Gasteiger partial charge in [0.2, 0.25) is 0 Å². The molecule has 0 bridgehead atoms. The second-order valence-corrected chi connectivity index (χ2v) is 7.60. The second kappa shape index (κ2) is 6.98. The molecule has 1 N–H and O–H groups in total. The molecule has 1 fully saturated rings. The highest BCUT2D eigenvalue weighted by atomic mass is 35.5. The molecule has 0 radical (unpaired) electrons. The highest BCUT2D eigenvalue weighted by molar-refractivity contribution is 6.30. The fourth-order valence-corrected chi connectivity index (χ4v) is 4.52. The second-order valence-electron chi connectivity index (χ2n) is 7.16. The number of halogens is 1. The van der Waals surface area contributed by atoms with Crippen LogP contribution in [-0.2, 0) is 4.79 Å². The van der Waals surface area contributed by atoms with Crippen molar-refractivity contribution >= 4 is 23.5 Å². The minimum absolute atomic E-state index is 0.135. The van der Waals surface area contributed by atoms with Gasteiger partial charge in [-0.15, -0.1) is 0 Å². The van der Waals surface area contributed by atoms with Crippen molar-refractivity contribution in [2.75, 3.05) is 13.1 Å². The number of carbonyl (C=O) groups excluding carboxylic acids is 1. The molecule has 0 aromatic heterocycles. The first-order chi connectivity index (χ1) is 13.0. The van der Waals surface area contributed by atoms with Crippen molar-refractivity contribution in [3.05, 3.63) is 69.7 Å². The number of amides is 1. The zero-order valence-electron chi connectivity index (χ0n) is 15.1. The van der Waals surface area contributed by atoms with Crippen LogP contribution in [0.4, 0.5) is 0 Å². The van der Waals surface area contributed by atoms with E-state index in [4.69, 9.17) is 11.6 Å². The molecule has 0 spiro atoms. The van der Waals surface area contributed by atoms with E-state index in [1.807, 2.05) is 24.1 Å². The summed E-state index contributed by atoms with van der Waals surface area (Å²) in [5.74, 6) is -1.90. The van der Waals surface area contributed by atoms with Gasteiger partial charge in [0, 0.05) is 23.7 Å². The van der Waals surface area contributed by atoms with Crippen LogP contribution in [0.3, 0.4) is 0 Å². The topological polar surface area (TPSA) is 60.9 Å². The number of carbonyl (C=O) groups is 2. The normalized spacial score (nSPS) is 22.7. The summed E-state index contributed by atoms with van der Waals surface area (Å²) in [5.41, 5.74) is 2.75. The van der Waals surface area contributed by atoms with Crippen LogP contribution in [0, 0.1) is 6.92 Å². The van der Waals surface area contributed by atoms with E-state index in [1.165, 1.54) is 0 Å². The first-order valence-corrected chi connectivity index (χ1v) is 9.53. The van der Waals surface area contributed by atoms with Gasteiger partial charge in [-0.3, -0.25) is 14.6 Å². The fourth-order valence-electron chi connectivity index (χ4n) is 4.29. The maximum absolute atomic E-state index is 13.4. The van der Waals surface area contributed by atoms with E-state index in [1.54, 1.807) is 35.3 Å². The molecule has 1 amide bonds. The molecule has 27 heavy (non-hydrogen) atoms. The SMILES string of the molecule is Cc1cc(Cl)ccc1C1C(C(=O)O)c2ccccc2C(=O)N1N1CCCC1. The Hall–Kier alpha value is -2.37. The third kappa shape index (κ3) is 3.01. The van der Waals surface area contributed by atoms with Crippen LogP contribution in [0.2, 0.25) is 5.02 Å². The lowest BCUT2D eigenvalue weighted by Crippen LogP contribution is -2.53. The molecule has 1 saturated heterocycles. The molecule has 2 heterocycles. The molecular weight excluding hydrogens is 364 g/mol. The Morgan fingerprint density at radius 2 is 1.81 bits per heavy atom. The standard InChI is InChI=1S/C21H21ClN2O3/c1-13-12-14(22)8-9-15(13)19-18(21(26)27)16-6-2-3-7-17(16)20(25)24(19)23-10-4-5-11-23/h2-3,6-9,12,18-19H,4-5,10-11H2,1H3,(H,26,27). The van der Waals surface area contributed by atoms with Crippen molar-refractivity contribution in [3.8, 4) is 0 Å². The van der Waals surface area contributed by atoms with Gasteiger partial charge < -0.3 is 5.11 Å². The minimum Gasteiger partial charge on any atom is -0.481 e. The fraction of sp³-hybridized carbons (Fsp3) is 0.333. The van der Waals surface area contributed by atoms with Crippen LogP contribution < -0.4 is 0 Å². The van der Waals surface area contributed by atoms with Crippen LogP contribution in [0.25, 0.3) is 0 Å². The van der Waals surface area contributed by atoms with Gasteiger partial charge in [-0.1, -0.05) is 35.9 Å². The molecule has 2 unspecified atom stereocenters. The van der Waals surface area contributed by atoms with Crippen molar-refractivity contribution < 1.29 is 14.7 Å². The molecule has 2 atom stereocenters. The van der Waals surface area contributed by atoms with Gasteiger partial charge in [-0.05, 0) is 54.7 Å². The highest BCUT2D eigenvalue weighted by Gasteiger charge is 2.47. The van der Waals surface area contributed by atoms with E-state index in [0.29, 0.717) is 16.1 Å². The summed E-state index contributed by atoms with van der Waals surface area (Å²) in [4.78, 5) is 25.8. The third-order valence-electron chi connectivity index (χ3n) is 5.52. The van der Waals surface area contributed by atoms with Crippen LogP contribution in [-0.4, -0.2) is 40.1 Å². The Balaban J connectivity index is 1.94. The van der Waals surface area contributed by atoms with E-state index >= 15 is 0 Å². The lowest BCUT2D eigenvalue weighted by molar-refractivity contribution is -0.143. The first kappa shape index (κ1) is 18.0. The number of hydrogen-bond acceptors (Lipinski definition) is 3. The van der Waals surface area contributed by atoms with Crippen LogP contribution in [0.5, 0.6) is 0 Å². The molecule has 2 aromatic rings. The number of hydrogen-bond donors (Lipinski definition) is 1. The van der Waals surface area contributed by atoms with Crippen molar-refractivity contribution in [3.63, 3.8) is 0 Å². The summed E-state index contributed by atoms with van der Waals surface area (Å²) >= 11 is 6.12. The summed E-state index contributed by atoms with van der Waals surface area (Å²) in [5, 5.41) is 14.4. The zero-order chi connectivity index (χ0) is 19.1. The summed E-state index contributed by atoms with van der Waals surface area (Å²) < 4.78 is 0. The van der Waals surface area contributed by atoms with Crippen LogP contribution >= 0.6 is 11.6 Å². The van der Waals surface area contributed by atoms with E-state index in [0.717, 1.165) is 37.1 Å². The monoisotopic (exact) mass is 384 g/mol. The Bertz CT molecular complexity index is 908. The quantitative estimate of drug-likeness (QED) is 0.868. The van der Waals surface area contributed by atoms with Crippen molar-refractivity contribution in [2.24, 2.45) is 0 Å². The largest absolute Gasteiger partial charge is 0.481 e. The number of benzene rings is 2. The Kier molecular flexibility index (Phi) is 4.66. The summed E-state index contributed by atoms with van der Waals surface area (Å²) in [7, 11) is 0. The van der Waals surface area contributed by atoms with Gasteiger partial charge in [-0.25, -0.2) is 5.01 Å². The van der Waals surface area contributed by atoms with Crippen LogP contribution in [0.1, 0.15) is 51.8 Å². The predicted molar refractivity (Wildman–Crippen MR) is 103 cm³/mol. The number of carboxylic acid groups (broad SMARTS) is 1. The van der Waals surface area contributed by atoms with Crippen molar-refractivity contribution in [2.45, 2.75) is 31.7 Å². The van der Waals surface area contributed by atoms with E-state index in [9.17, 15) is 14.7 Å². The van der Waals surface area contributed by atoms with Crippen molar-refractivity contribution in [1.82, 2.24) is 10.0 Å². The maximum atomic E-state index is 13.4. The molecule has 2 aliphatic rings. The van der Waals surface area contributed by atoms with E-state index in [2.05, 4.69) is 0 Å². The molecule has 5 nitrogen and oxygen atoms in total. The number of hydrazine groups is 1. The number of fused-ring (bicyclic) bond motifs is 1. The molecule has 0 saturated carbocycles. The lowest BCUT2D eigenvalue weighted by atomic mass is 9.79. The van der Waals surface area contributed by atoms with Gasteiger partial charge in [0.1, 0.15) is 5.92 Å². The zero-order valence-corrected chi connectivity index (χ0v) is 15.8. The molecule has 2 aliphatic heterocycles. The molecule has 0 aliphatic carbocycles. The number of aryl methyl sites for hydroxylation is 1. The first-order valence-electron chi connectivity index (χ1n) is 9.15. The maximum Gasteiger partial charge on any atom is 0.313 e. The van der Waals surface area contributed by atoms with Crippen molar-refractivity contribution in [1.29, 1.82) is 0 Å². The Morgan fingerprint density at radius 1 is 1.11 bits per heavy atom. The third-order valence-corrected chi connectivity index (χ3v) is 5.75. The lowest BCUT2D eigenvalue weighted by Gasteiger charge is -2.45. The summed E-state index contributed by atoms with van der Waals surface area (Å²) in [6.07, 6.45) is 1.99. The van der Waals surface area contributed by atoms with Crippen LogP contribution in [0.15, 0.2) is 42.5 Å². The average molecular weight is 385 g/mol. The molecule has 2 aromatic carbocycles. The molecule has 140 valence electrons. The van der Waals surface area contributed by atoms with Gasteiger partial charge in [0.15, 0.2) is 0 Å². The summed E-state index contributed by atoms with van der Waals surface area (Å²) in [6, 6.07) is 11.9. The Labute approximate surface area is 163 Å². The average Bonchev–Trinajstić information content (AvgIpc) is 3.15. The number of rotatable bonds is 3. The molecular formula is C21H21ClN2O3. The van der Waals surface area contributed by atoms with Gasteiger partial charge in [0.05, 0.1) is 6.04 Å². The predicted octanol–water partition coefficient (Wildman–Crippen LogP) is 4.02. The number of carboxylic acids is 1. The smallest absolute Gasteiger partial charge is 0.313 e. The highest BCUT2D eigenvalue weighted by Crippen LogP contribution is 2.45. The Morgan fingerprint density at radius 3 is 2.48 bits per heavy atom. The van der Waals surface area contributed by atoms with E-state index < -0.39 is 17.9 Å². The van der Waals surface area contributed by atoms with Gasteiger partial charge in [0.25, 0.3) is 5.91 Å². The van der Waals surface area contributed by atoms with Gasteiger partial charge in [-0.2, -0.15) is 0 Å². The molecule has 6 heteroatoms. The number of aliphatic carboxylic acids is 1. The number of nitrogens with zero attached hydrogens (tertiary/aromatic N) is 2. The minimum atomic E-state index is -0.932. The van der Waals surface area contributed by atoms with Gasteiger partial charge >= 0.3 is 5.97 Å². The molecule has 4 rings (SSSR count).